The number of anilines is 1. The number of rotatable bonds is 7. The molecule has 28 heavy (non-hydrogen) atoms. The van der Waals surface area contributed by atoms with E-state index in [0.29, 0.717) is 12.4 Å². The average molecular weight is 375 g/mol. The van der Waals surface area contributed by atoms with E-state index in [-0.39, 0.29) is 11.9 Å². The van der Waals surface area contributed by atoms with Gasteiger partial charge in [0.2, 0.25) is 5.91 Å². The minimum atomic E-state index is -0.133. The number of hydrogen-bond donors (Lipinski definition) is 2. The molecule has 0 spiro atoms. The zero-order valence-corrected chi connectivity index (χ0v) is 15.8. The van der Waals surface area contributed by atoms with Crippen LogP contribution in [0.2, 0.25) is 0 Å². The van der Waals surface area contributed by atoms with Gasteiger partial charge in [-0.05, 0) is 49.9 Å². The molecule has 1 saturated heterocycles. The molecule has 1 fully saturated rings. The molecule has 1 aromatic carbocycles. The van der Waals surface area contributed by atoms with Crippen LogP contribution in [0.15, 0.2) is 60.8 Å². The van der Waals surface area contributed by atoms with E-state index in [1.54, 1.807) is 6.20 Å². The maximum absolute atomic E-state index is 12.8. The number of hydrogen-bond acceptors (Lipinski definition) is 4. The molecule has 144 valence electrons. The maximum atomic E-state index is 12.8. The van der Waals surface area contributed by atoms with Crippen molar-refractivity contribution in [1.82, 2.24) is 20.1 Å². The van der Waals surface area contributed by atoms with E-state index < -0.39 is 0 Å². The quantitative estimate of drug-likeness (QED) is 0.665. The van der Waals surface area contributed by atoms with Gasteiger partial charge in [-0.25, -0.2) is 0 Å². The molecule has 0 radical (unpaired) electrons. The van der Waals surface area contributed by atoms with Crippen molar-refractivity contribution in [3.8, 4) is 0 Å². The molecular weight excluding hydrogens is 350 g/mol. The SMILES string of the molecule is O=C(Nc1cc(CCc2ccccc2)[nH]n1)C1CCCN1Cc1ccccn1. The van der Waals surface area contributed by atoms with Gasteiger partial charge in [0.15, 0.2) is 5.82 Å². The first-order chi connectivity index (χ1) is 13.8. The smallest absolute Gasteiger partial charge is 0.242 e. The van der Waals surface area contributed by atoms with Gasteiger partial charge in [-0.2, -0.15) is 5.10 Å². The first-order valence-electron chi connectivity index (χ1n) is 9.81. The summed E-state index contributed by atoms with van der Waals surface area (Å²) in [7, 11) is 0. The normalized spacial score (nSPS) is 16.9. The van der Waals surface area contributed by atoms with Crippen molar-refractivity contribution in [3.05, 3.63) is 77.7 Å². The Labute approximate surface area is 165 Å². The zero-order chi connectivity index (χ0) is 19.2. The summed E-state index contributed by atoms with van der Waals surface area (Å²) in [5.41, 5.74) is 3.31. The molecule has 1 aliphatic rings. The second-order valence-corrected chi connectivity index (χ2v) is 7.20. The molecule has 1 atom stereocenters. The Hall–Kier alpha value is -2.99. The van der Waals surface area contributed by atoms with E-state index >= 15 is 0 Å². The molecule has 1 aliphatic heterocycles. The van der Waals surface area contributed by atoms with E-state index in [1.807, 2.05) is 42.5 Å². The number of carbonyl (C=O) groups is 1. The van der Waals surface area contributed by atoms with Crippen LogP contribution in [0.5, 0.6) is 0 Å². The summed E-state index contributed by atoms with van der Waals surface area (Å²) in [4.78, 5) is 19.4. The lowest BCUT2D eigenvalue weighted by Crippen LogP contribution is -2.39. The Morgan fingerprint density at radius 1 is 1.14 bits per heavy atom. The van der Waals surface area contributed by atoms with E-state index in [9.17, 15) is 4.79 Å². The van der Waals surface area contributed by atoms with Crippen molar-refractivity contribution < 1.29 is 4.79 Å². The molecule has 6 nitrogen and oxygen atoms in total. The number of amides is 1. The number of nitrogens with zero attached hydrogens (tertiary/aromatic N) is 3. The molecule has 2 aromatic heterocycles. The van der Waals surface area contributed by atoms with Crippen LogP contribution in [0.25, 0.3) is 0 Å². The molecule has 1 amide bonds. The van der Waals surface area contributed by atoms with Crippen LogP contribution in [-0.2, 0) is 24.2 Å². The van der Waals surface area contributed by atoms with Gasteiger partial charge in [-0.15, -0.1) is 0 Å². The van der Waals surface area contributed by atoms with Gasteiger partial charge in [-0.1, -0.05) is 36.4 Å². The molecule has 6 heteroatoms. The molecular formula is C22H25N5O. The number of carbonyl (C=O) groups excluding carboxylic acids is 1. The highest BCUT2D eigenvalue weighted by atomic mass is 16.2. The van der Waals surface area contributed by atoms with Crippen LogP contribution in [-0.4, -0.2) is 38.6 Å². The summed E-state index contributed by atoms with van der Waals surface area (Å²) in [6.07, 6.45) is 5.48. The summed E-state index contributed by atoms with van der Waals surface area (Å²) in [5.74, 6) is 0.604. The second kappa shape index (κ2) is 8.80. The van der Waals surface area contributed by atoms with Crippen LogP contribution < -0.4 is 5.32 Å². The third-order valence-electron chi connectivity index (χ3n) is 5.17. The van der Waals surface area contributed by atoms with E-state index in [0.717, 1.165) is 43.6 Å². The van der Waals surface area contributed by atoms with Gasteiger partial charge < -0.3 is 5.32 Å². The van der Waals surface area contributed by atoms with Crippen LogP contribution in [0.1, 0.15) is 29.8 Å². The van der Waals surface area contributed by atoms with E-state index in [1.165, 1.54) is 5.56 Å². The van der Waals surface area contributed by atoms with Gasteiger partial charge in [0, 0.05) is 24.5 Å². The fourth-order valence-corrected chi connectivity index (χ4v) is 3.70. The number of aryl methyl sites for hydroxylation is 2. The summed E-state index contributed by atoms with van der Waals surface area (Å²) < 4.78 is 0. The number of H-pyrrole nitrogens is 1. The Bertz CT molecular complexity index is 894. The molecule has 0 saturated carbocycles. The largest absolute Gasteiger partial charge is 0.308 e. The molecule has 0 aliphatic carbocycles. The van der Waals surface area contributed by atoms with Crippen molar-refractivity contribution in [1.29, 1.82) is 0 Å². The van der Waals surface area contributed by atoms with Crippen LogP contribution in [0, 0.1) is 0 Å². The summed E-state index contributed by atoms with van der Waals surface area (Å²) >= 11 is 0. The van der Waals surface area contributed by atoms with Crippen LogP contribution in [0.3, 0.4) is 0 Å². The predicted molar refractivity (Wildman–Crippen MR) is 109 cm³/mol. The molecule has 0 bridgehead atoms. The van der Waals surface area contributed by atoms with Crippen LogP contribution >= 0.6 is 0 Å². The first-order valence-corrected chi connectivity index (χ1v) is 9.81. The summed E-state index contributed by atoms with van der Waals surface area (Å²) in [6, 6.07) is 18.0. The lowest BCUT2D eigenvalue weighted by molar-refractivity contribution is -0.120. The Kier molecular flexibility index (Phi) is 5.77. The van der Waals surface area contributed by atoms with Crippen LogP contribution in [0.4, 0.5) is 5.82 Å². The minimum absolute atomic E-state index is 0.00883. The molecule has 4 rings (SSSR count). The lowest BCUT2D eigenvalue weighted by atomic mass is 10.1. The molecule has 3 heterocycles. The fourth-order valence-electron chi connectivity index (χ4n) is 3.70. The van der Waals surface area contributed by atoms with Crippen molar-refractivity contribution in [2.75, 3.05) is 11.9 Å². The first kappa shape index (κ1) is 18.4. The highest BCUT2D eigenvalue weighted by Gasteiger charge is 2.31. The number of likely N-dealkylation sites (tertiary alicyclic amines) is 1. The second-order valence-electron chi connectivity index (χ2n) is 7.20. The number of nitrogens with one attached hydrogen (secondary N) is 2. The topological polar surface area (TPSA) is 73.9 Å². The lowest BCUT2D eigenvalue weighted by Gasteiger charge is -2.22. The van der Waals surface area contributed by atoms with Gasteiger partial charge in [0.05, 0.1) is 11.7 Å². The van der Waals surface area contributed by atoms with E-state index in [4.69, 9.17) is 0 Å². The summed E-state index contributed by atoms with van der Waals surface area (Å²) in [6.45, 7) is 1.61. The predicted octanol–water partition coefficient (Wildman–Crippen LogP) is 3.19. The Morgan fingerprint density at radius 3 is 2.82 bits per heavy atom. The Balaban J connectivity index is 1.32. The standard InChI is InChI=1S/C22H25N5O/c28-22(20-10-6-14-27(20)16-19-9-4-5-13-23-19)24-21-15-18(25-26-21)12-11-17-7-2-1-3-8-17/h1-5,7-9,13,15,20H,6,10-12,14,16H2,(H2,24,25,26,28). The molecule has 1 unspecified atom stereocenters. The van der Waals surface area contributed by atoms with Crippen molar-refractivity contribution in [2.24, 2.45) is 0 Å². The number of aromatic amines is 1. The monoisotopic (exact) mass is 375 g/mol. The number of pyridine rings is 1. The number of benzene rings is 1. The fraction of sp³-hybridized carbons (Fsp3) is 0.318. The zero-order valence-electron chi connectivity index (χ0n) is 15.8. The van der Waals surface area contributed by atoms with E-state index in [2.05, 4.69) is 37.5 Å². The number of aromatic nitrogens is 3. The average Bonchev–Trinajstić information content (AvgIpc) is 3.37. The third kappa shape index (κ3) is 4.64. The van der Waals surface area contributed by atoms with Gasteiger partial charge in [0.25, 0.3) is 0 Å². The van der Waals surface area contributed by atoms with Crippen molar-refractivity contribution >= 4 is 11.7 Å². The summed E-state index contributed by atoms with van der Waals surface area (Å²) in [5, 5.41) is 10.3. The minimum Gasteiger partial charge on any atom is -0.308 e. The van der Waals surface area contributed by atoms with Gasteiger partial charge in [0.1, 0.15) is 0 Å². The Morgan fingerprint density at radius 2 is 2.00 bits per heavy atom. The van der Waals surface area contributed by atoms with Gasteiger partial charge in [-0.3, -0.25) is 19.8 Å². The molecule has 3 aromatic rings. The van der Waals surface area contributed by atoms with Crippen molar-refractivity contribution in [3.63, 3.8) is 0 Å². The molecule has 2 N–H and O–H groups in total. The van der Waals surface area contributed by atoms with Crippen molar-refractivity contribution in [2.45, 2.75) is 38.3 Å². The third-order valence-corrected chi connectivity index (χ3v) is 5.17. The highest BCUT2D eigenvalue weighted by molar-refractivity contribution is 5.94. The van der Waals surface area contributed by atoms with Gasteiger partial charge >= 0.3 is 0 Å². The maximum Gasteiger partial charge on any atom is 0.242 e. The highest BCUT2D eigenvalue weighted by Crippen LogP contribution is 2.21.